The lowest BCUT2D eigenvalue weighted by Crippen LogP contribution is -2.43. The van der Waals surface area contributed by atoms with Crippen molar-refractivity contribution >= 4 is 5.71 Å². The molecule has 22 heavy (non-hydrogen) atoms. The van der Waals surface area contributed by atoms with Gasteiger partial charge in [0.15, 0.2) is 5.79 Å². The van der Waals surface area contributed by atoms with Crippen LogP contribution in [-0.2, 0) is 14.3 Å². The van der Waals surface area contributed by atoms with Crippen molar-refractivity contribution in [1.29, 1.82) is 0 Å². The van der Waals surface area contributed by atoms with Gasteiger partial charge in [-0.2, -0.15) is 0 Å². The van der Waals surface area contributed by atoms with Crippen LogP contribution >= 0.6 is 0 Å². The fourth-order valence-electron chi connectivity index (χ4n) is 3.62. The van der Waals surface area contributed by atoms with Gasteiger partial charge in [-0.15, -0.1) is 0 Å². The number of ether oxygens (including phenoxy) is 3. The number of nitrogens with zero attached hydrogens (tertiary/aromatic N) is 1. The number of hydrogen-bond donors (Lipinski definition) is 0. The SMILES string of the molecule is COc1cccc(C2=NOC3(CCC4(CC3)OCCO4)C2)c1. The molecule has 0 N–H and O–H groups in total. The molecule has 5 nitrogen and oxygen atoms in total. The molecule has 0 aromatic heterocycles. The monoisotopic (exact) mass is 303 g/mol. The summed E-state index contributed by atoms with van der Waals surface area (Å²) in [6.07, 6.45) is 4.45. The van der Waals surface area contributed by atoms with Crippen LogP contribution in [0.1, 0.15) is 37.7 Å². The lowest BCUT2D eigenvalue weighted by molar-refractivity contribution is -0.206. The molecule has 0 amide bonds. The number of benzene rings is 1. The molecule has 1 saturated heterocycles. The molecule has 2 fully saturated rings. The van der Waals surface area contributed by atoms with Gasteiger partial charge < -0.3 is 19.0 Å². The van der Waals surface area contributed by atoms with Gasteiger partial charge in [-0.1, -0.05) is 17.3 Å². The molecule has 1 saturated carbocycles. The van der Waals surface area contributed by atoms with Gasteiger partial charge in [-0.25, -0.2) is 0 Å². The van der Waals surface area contributed by atoms with Crippen molar-refractivity contribution in [3.05, 3.63) is 29.8 Å². The molecule has 3 aliphatic rings. The molecule has 2 heterocycles. The quantitative estimate of drug-likeness (QED) is 0.843. The highest BCUT2D eigenvalue weighted by Gasteiger charge is 2.50. The highest BCUT2D eigenvalue weighted by Crippen LogP contribution is 2.46. The molecule has 0 atom stereocenters. The highest BCUT2D eigenvalue weighted by atomic mass is 16.7. The van der Waals surface area contributed by atoms with Crippen LogP contribution in [-0.4, -0.2) is 37.4 Å². The largest absolute Gasteiger partial charge is 0.497 e. The zero-order valence-electron chi connectivity index (χ0n) is 12.8. The van der Waals surface area contributed by atoms with Gasteiger partial charge in [0.1, 0.15) is 11.4 Å². The van der Waals surface area contributed by atoms with Gasteiger partial charge >= 0.3 is 0 Å². The van der Waals surface area contributed by atoms with Gasteiger partial charge in [0, 0.05) is 24.8 Å². The summed E-state index contributed by atoms with van der Waals surface area (Å²) in [5.74, 6) is 0.490. The second-order valence-electron chi connectivity index (χ2n) is 6.33. The molecule has 0 unspecified atom stereocenters. The molecule has 4 rings (SSSR count). The number of oxime groups is 1. The fourth-order valence-corrected chi connectivity index (χ4v) is 3.62. The lowest BCUT2D eigenvalue weighted by Gasteiger charge is -2.39. The minimum absolute atomic E-state index is 0.182. The van der Waals surface area contributed by atoms with Crippen molar-refractivity contribution in [2.24, 2.45) is 5.16 Å². The Morgan fingerprint density at radius 3 is 2.59 bits per heavy atom. The zero-order chi connectivity index (χ0) is 15.0. The van der Waals surface area contributed by atoms with Crippen molar-refractivity contribution in [1.82, 2.24) is 0 Å². The number of methoxy groups -OCH3 is 1. The predicted octanol–water partition coefficient (Wildman–Crippen LogP) is 2.88. The van der Waals surface area contributed by atoms with E-state index in [4.69, 9.17) is 19.0 Å². The maximum atomic E-state index is 5.86. The summed E-state index contributed by atoms with van der Waals surface area (Å²) in [7, 11) is 1.68. The topological polar surface area (TPSA) is 49.3 Å². The van der Waals surface area contributed by atoms with E-state index in [1.807, 2.05) is 18.2 Å². The van der Waals surface area contributed by atoms with Crippen molar-refractivity contribution < 1.29 is 19.0 Å². The van der Waals surface area contributed by atoms with Crippen LogP contribution in [0.5, 0.6) is 5.75 Å². The second-order valence-corrected chi connectivity index (χ2v) is 6.33. The van der Waals surface area contributed by atoms with Crippen molar-refractivity contribution in [2.75, 3.05) is 20.3 Å². The van der Waals surface area contributed by atoms with Crippen molar-refractivity contribution in [3.63, 3.8) is 0 Å². The molecular weight excluding hydrogens is 282 g/mol. The first-order valence-corrected chi connectivity index (χ1v) is 7.90. The van der Waals surface area contributed by atoms with Crippen LogP contribution in [0, 0.1) is 0 Å². The van der Waals surface area contributed by atoms with E-state index in [0.717, 1.165) is 49.1 Å². The Balaban J connectivity index is 1.45. The first kappa shape index (κ1) is 14.0. The Bertz CT molecular complexity index is 582. The first-order chi connectivity index (χ1) is 10.7. The highest BCUT2D eigenvalue weighted by molar-refractivity contribution is 6.01. The summed E-state index contributed by atoms with van der Waals surface area (Å²) >= 11 is 0. The van der Waals surface area contributed by atoms with E-state index in [1.165, 1.54) is 0 Å². The first-order valence-electron chi connectivity index (χ1n) is 7.90. The Kier molecular flexibility index (Phi) is 3.35. The average molecular weight is 303 g/mol. The van der Waals surface area contributed by atoms with Gasteiger partial charge in [0.2, 0.25) is 0 Å². The minimum Gasteiger partial charge on any atom is -0.497 e. The normalized spacial score (nSPS) is 25.2. The van der Waals surface area contributed by atoms with Crippen LogP contribution in [0.3, 0.4) is 0 Å². The third kappa shape index (κ3) is 2.38. The smallest absolute Gasteiger partial charge is 0.168 e. The molecule has 118 valence electrons. The summed E-state index contributed by atoms with van der Waals surface area (Å²) < 4.78 is 16.9. The maximum Gasteiger partial charge on any atom is 0.168 e. The summed E-state index contributed by atoms with van der Waals surface area (Å²) in [6, 6.07) is 7.98. The second kappa shape index (κ2) is 5.25. The van der Waals surface area contributed by atoms with E-state index in [-0.39, 0.29) is 11.4 Å². The molecule has 5 heteroatoms. The summed E-state index contributed by atoms with van der Waals surface area (Å²) in [6.45, 7) is 1.42. The molecule has 0 radical (unpaired) electrons. The van der Waals surface area contributed by atoms with Crippen LogP contribution in [0.25, 0.3) is 0 Å². The van der Waals surface area contributed by atoms with E-state index in [2.05, 4.69) is 11.2 Å². The summed E-state index contributed by atoms with van der Waals surface area (Å²) in [4.78, 5) is 5.86. The van der Waals surface area contributed by atoms with Crippen molar-refractivity contribution in [2.45, 2.75) is 43.5 Å². The Morgan fingerprint density at radius 2 is 1.86 bits per heavy atom. The van der Waals surface area contributed by atoms with Crippen LogP contribution in [0.4, 0.5) is 0 Å². The summed E-state index contributed by atoms with van der Waals surface area (Å²) in [5.41, 5.74) is 1.90. The molecule has 2 spiro atoms. The third-order valence-electron chi connectivity index (χ3n) is 4.98. The maximum absolute atomic E-state index is 5.86. The van der Waals surface area contributed by atoms with Crippen LogP contribution < -0.4 is 4.74 Å². The fraction of sp³-hybridized carbons (Fsp3) is 0.588. The zero-order valence-corrected chi connectivity index (χ0v) is 12.8. The Labute approximate surface area is 130 Å². The van der Waals surface area contributed by atoms with Gasteiger partial charge in [-0.3, -0.25) is 0 Å². The molecule has 0 bridgehead atoms. The molecule has 2 aliphatic heterocycles. The molecular formula is C17H21NO4. The predicted molar refractivity (Wildman–Crippen MR) is 81.1 cm³/mol. The standard InChI is InChI=1S/C17H21NO4/c1-19-14-4-2-3-13(11-14)15-12-16(22-18-15)5-7-17(8-6-16)20-9-10-21-17/h2-4,11H,5-10,12H2,1H3. The van der Waals surface area contributed by atoms with E-state index >= 15 is 0 Å². The molecule has 1 aliphatic carbocycles. The number of hydrogen-bond acceptors (Lipinski definition) is 5. The van der Waals surface area contributed by atoms with Crippen LogP contribution in [0.2, 0.25) is 0 Å². The Morgan fingerprint density at radius 1 is 1.09 bits per heavy atom. The number of rotatable bonds is 2. The van der Waals surface area contributed by atoms with Gasteiger partial charge in [-0.05, 0) is 25.0 Å². The molecule has 1 aromatic rings. The van der Waals surface area contributed by atoms with Gasteiger partial charge in [0.05, 0.1) is 26.0 Å². The third-order valence-corrected chi connectivity index (χ3v) is 4.98. The molecule has 1 aromatic carbocycles. The summed E-state index contributed by atoms with van der Waals surface area (Å²) in [5, 5.41) is 4.35. The van der Waals surface area contributed by atoms with Crippen molar-refractivity contribution in [3.8, 4) is 5.75 Å². The van der Waals surface area contributed by atoms with Crippen LogP contribution in [0.15, 0.2) is 29.4 Å². The van der Waals surface area contributed by atoms with Gasteiger partial charge in [0.25, 0.3) is 0 Å². The minimum atomic E-state index is -0.354. The lowest BCUT2D eigenvalue weighted by atomic mass is 9.78. The Hall–Kier alpha value is -1.59. The van der Waals surface area contributed by atoms with E-state index in [9.17, 15) is 0 Å². The van der Waals surface area contributed by atoms with E-state index in [0.29, 0.717) is 13.2 Å². The average Bonchev–Trinajstić information content (AvgIpc) is 3.19. The van der Waals surface area contributed by atoms with E-state index in [1.54, 1.807) is 7.11 Å². The van der Waals surface area contributed by atoms with E-state index < -0.39 is 0 Å².